The molecule has 0 aliphatic heterocycles. The van der Waals surface area contributed by atoms with Crippen LogP contribution in [0.3, 0.4) is 0 Å². The summed E-state index contributed by atoms with van der Waals surface area (Å²) >= 11 is 0. The molecule has 0 saturated heterocycles. The van der Waals surface area contributed by atoms with Crippen LogP contribution in [0.2, 0.25) is 0 Å². The summed E-state index contributed by atoms with van der Waals surface area (Å²) < 4.78 is 0. The van der Waals surface area contributed by atoms with Gasteiger partial charge in [-0.1, -0.05) is 0 Å². The van der Waals surface area contributed by atoms with Crippen molar-refractivity contribution in [3.63, 3.8) is 0 Å². The van der Waals surface area contributed by atoms with Gasteiger partial charge in [0, 0.05) is 17.4 Å². The summed E-state index contributed by atoms with van der Waals surface area (Å²) in [5, 5.41) is 0. The molecule has 0 unspecified atom stereocenters. The third-order valence-corrected chi connectivity index (χ3v) is 0. The van der Waals surface area contributed by atoms with Crippen molar-refractivity contribution >= 4 is 19.8 Å². The average molecular weight is 161 g/mol. The van der Waals surface area contributed by atoms with E-state index >= 15 is 0 Å². The zero-order valence-corrected chi connectivity index (χ0v) is 2.68. The molecule has 0 fully saturated rings. The predicted molar refractivity (Wildman–Crippen MR) is 17.2 cm³/mol. The van der Waals surface area contributed by atoms with Crippen LogP contribution < -0.4 is 0 Å². The first-order chi connectivity index (χ1) is 0. The number of rotatable bonds is 0. The Morgan fingerprint density at radius 1 is 0.750 bits per heavy atom. The molecule has 4 heteroatoms. The van der Waals surface area contributed by atoms with E-state index in [0.717, 1.165) is 0 Å². The molecule has 0 saturated carbocycles. The molecule has 28 valence electrons. The summed E-state index contributed by atoms with van der Waals surface area (Å²) in [6.07, 6.45) is 0. The van der Waals surface area contributed by atoms with E-state index in [4.69, 9.17) is 0 Å². The predicted octanol–water partition coefficient (Wildman–Crippen LogP) is -2.84. The van der Waals surface area contributed by atoms with Gasteiger partial charge in [0.05, 0.1) is 0 Å². The van der Waals surface area contributed by atoms with Gasteiger partial charge in [0.25, 0.3) is 0 Å². The Kier molecular flexibility index (Phi) is 590. The molecule has 0 aromatic heterocycles. The molecule has 0 heterocycles. The maximum atomic E-state index is 0. The van der Waals surface area contributed by atoms with Crippen LogP contribution >= 0.6 is 0 Å². The standard InChI is InChI=1S/Cr.Ga.2H2O.3H/h;;2*1H2;;;. The third-order valence-electron chi connectivity index (χ3n) is 0. The first-order valence-electron chi connectivity index (χ1n) is 0. The third kappa shape index (κ3) is 11.4. The van der Waals surface area contributed by atoms with E-state index in [1.54, 1.807) is 0 Å². The van der Waals surface area contributed by atoms with E-state index in [-0.39, 0.29) is 48.1 Å². The summed E-state index contributed by atoms with van der Waals surface area (Å²) in [6.45, 7) is 0. The van der Waals surface area contributed by atoms with Crippen molar-refractivity contribution in [1.29, 1.82) is 0 Å². The van der Waals surface area contributed by atoms with Crippen molar-refractivity contribution in [3.8, 4) is 0 Å². The quantitative estimate of drug-likeness (QED) is 0.343. The van der Waals surface area contributed by atoms with Gasteiger partial charge in [-0.2, -0.15) is 0 Å². The summed E-state index contributed by atoms with van der Waals surface area (Å²) in [4.78, 5) is 0. The molecular formula is H7CrGaO2. The van der Waals surface area contributed by atoms with Crippen molar-refractivity contribution in [2.45, 2.75) is 0 Å². The Morgan fingerprint density at radius 2 is 0.750 bits per heavy atom. The first kappa shape index (κ1) is 71.8. The molecule has 0 rings (SSSR count). The first-order valence-corrected chi connectivity index (χ1v) is 0. The van der Waals surface area contributed by atoms with E-state index in [2.05, 4.69) is 0 Å². The zero-order valence-electron chi connectivity index (χ0n) is 1.41. The summed E-state index contributed by atoms with van der Waals surface area (Å²) in [5.74, 6) is 0. The van der Waals surface area contributed by atoms with E-state index < -0.39 is 0 Å². The molecule has 0 radical (unpaired) electrons. The molecule has 0 bridgehead atoms. The van der Waals surface area contributed by atoms with Crippen LogP contribution in [0.5, 0.6) is 0 Å². The van der Waals surface area contributed by atoms with Gasteiger partial charge in [-0.05, 0) is 0 Å². The van der Waals surface area contributed by atoms with Crippen LogP contribution in [0, 0.1) is 0 Å². The second-order valence-corrected chi connectivity index (χ2v) is 0. The van der Waals surface area contributed by atoms with Gasteiger partial charge in [-0.15, -0.1) is 0 Å². The number of hydrogen-bond acceptors (Lipinski definition) is 0. The van der Waals surface area contributed by atoms with Crippen molar-refractivity contribution < 1.29 is 28.3 Å². The maximum absolute atomic E-state index is 0. The average Bonchev–Trinajstić information content (AvgIpc) is 0. The minimum absolute atomic E-state index is 0. The van der Waals surface area contributed by atoms with Gasteiger partial charge < -0.3 is 11.0 Å². The monoisotopic (exact) mass is 160 g/mol. The van der Waals surface area contributed by atoms with E-state index in [9.17, 15) is 0 Å². The fourth-order valence-corrected chi connectivity index (χ4v) is 0. The van der Waals surface area contributed by atoms with Gasteiger partial charge in [-0.25, -0.2) is 0 Å². The minimum atomic E-state index is 0. The Labute approximate surface area is 48.4 Å². The van der Waals surface area contributed by atoms with Gasteiger partial charge in [0.1, 0.15) is 0 Å². The van der Waals surface area contributed by atoms with Crippen LogP contribution in [0.4, 0.5) is 0 Å². The molecule has 4 N–H and O–H groups in total. The summed E-state index contributed by atoms with van der Waals surface area (Å²) in [5.41, 5.74) is 0. The van der Waals surface area contributed by atoms with Crippen LogP contribution in [-0.4, -0.2) is 30.7 Å². The Hall–Kier alpha value is 1.09. The van der Waals surface area contributed by atoms with Crippen LogP contribution in [0.1, 0.15) is 0 Å². The van der Waals surface area contributed by atoms with Gasteiger partial charge in [0.2, 0.25) is 0 Å². The van der Waals surface area contributed by atoms with Crippen LogP contribution in [-0.2, 0) is 17.4 Å². The zero-order chi connectivity index (χ0) is 0. The molecule has 0 aromatic carbocycles. The molecule has 0 aromatic rings. The van der Waals surface area contributed by atoms with Gasteiger partial charge >= 0.3 is 19.8 Å². The molecule has 4 heavy (non-hydrogen) atoms. The normalized spacial score (nSPS) is 0. The van der Waals surface area contributed by atoms with E-state index in [0.29, 0.717) is 0 Å². The molecule has 0 spiro atoms. The second kappa shape index (κ2) is 32.9. The molecule has 0 atom stereocenters. The Balaban J connectivity index is 0. The Bertz CT molecular complexity index is 6.00. The molecule has 0 amide bonds. The topological polar surface area (TPSA) is 63.0 Å². The van der Waals surface area contributed by atoms with Crippen LogP contribution in [0.25, 0.3) is 0 Å². The van der Waals surface area contributed by atoms with E-state index in [1.807, 2.05) is 0 Å². The summed E-state index contributed by atoms with van der Waals surface area (Å²) in [7, 11) is 0. The Morgan fingerprint density at radius 3 is 0.750 bits per heavy atom. The second-order valence-electron chi connectivity index (χ2n) is 0. The van der Waals surface area contributed by atoms with Crippen LogP contribution in [0.15, 0.2) is 0 Å². The SMILES string of the molecule is O.O.[Cr].[GaH3]. The fraction of sp³-hybridized carbons (Fsp3) is 0. The molecule has 2 nitrogen and oxygen atoms in total. The van der Waals surface area contributed by atoms with Crippen molar-refractivity contribution in [3.05, 3.63) is 0 Å². The fourth-order valence-electron chi connectivity index (χ4n) is 0. The van der Waals surface area contributed by atoms with Crippen molar-refractivity contribution in [1.82, 2.24) is 0 Å². The molecular weight excluding hydrogens is 154 g/mol. The van der Waals surface area contributed by atoms with E-state index in [1.165, 1.54) is 0 Å². The van der Waals surface area contributed by atoms with Crippen molar-refractivity contribution in [2.24, 2.45) is 0 Å². The number of hydrogen-bond donors (Lipinski definition) is 0. The molecule has 0 aliphatic carbocycles. The van der Waals surface area contributed by atoms with Gasteiger partial charge in [0.15, 0.2) is 0 Å². The summed E-state index contributed by atoms with van der Waals surface area (Å²) in [6, 6.07) is 0. The molecule has 0 aliphatic rings. The van der Waals surface area contributed by atoms with Crippen molar-refractivity contribution in [2.75, 3.05) is 0 Å². The van der Waals surface area contributed by atoms with Gasteiger partial charge in [-0.3, -0.25) is 0 Å².